The molecule has 2 heteroatoms. The second-order valence-corrected chi connectivity index (χ2v) is 9.05. The Balaban J connectivity index is 1.41. The third-order valence-electron chi connectivity index (χ3n) is 7.34. The van der Waals surface area contributed by atoms with Crippen LogP contribution in [0.25, 0.3) is 10.8 Å². The van der Waals surface area contributed by atoms with Gasteiger partial charge >= 0.3 is 0 Å². The van der Waals surface area contributed by atoms with Gasteiger partial charge in [0.2, 0.25) is 0 Å². The lowest BCUT2D eigenvalue weighted by molar-refractivity contribution is 0.113. The Morgan fingerprint density at radius 2 is 1.70 bits per heavy atom. The van der Waals surface area contributed by atoms with Gasteiger partial charge in [-0.1, -0.05) is 63.3 Å². The van der Waals surface area contributed by atoms with Crippen LogP contribution in [-0.2, 0) is 0 Å². The predicted octanol–water partition coefficient (Wildman–Crippen LogP) is 8.00. The number of unbranched alkanes of at least 4 members (excludes halogenated alkanes) is 2. The van der Waals surface area contributed by atoms with E-state index in [4.69, 9.17) is 0 Å². The third kappa shape index (κ3) is 4.05. The van der Waals surface area contributed by atoms with E-state index in [9.17, 15) is 8.78 Å². The fourth-order valence-electron chi connectivity index (χ4n) is 5.77. The Morgan fingerprint density at radius 1 is 0.889 bits per heavy atom. The van der Waals surface area contributed by atoms with Gasteiger partial charge in [0.25, 0.3) is 0 Å². The predicted molar refractivity (Wildman–Crippen MR) is 109 cm³/mol. The highest BCUT2D eigenvalue weighted by Gasteiger charge is 2.35. The summed E-state index contributed by atoms with van der Waals surface area (Å²) in [5, 5.41) is 1.23. The van der Waals surface area contributed by atoms with Crippen molar-refractivity contribution in [2.24, 2.45) is 17.8 Å². The van der Waals surface area contributed by atoms with Crippen molar-refractivity contribution in [2.75, 3.05) is 0 Å². The van der Waals surface area contributed by atoms with Crippen molar-refractivity contribution in [2.45, 2.75) is 77.0 Å². The standard InChI is InChI=1S/C25H32F2/c1-2-3-4-5-17-6-7-19-15-20(9-8-18(19)14-17)21-10-12-23-22(16-21)11-13-24(26)25(23)27/h10-13,16-20H,2-9,14-15H2,1H3. The van der Waals surface area contributed by atoms with Crippen LogP contribution < -0.4 is 0 Å². The molecule has 0 spiro atoms. The van der Waals surface area contributed by atoms with Gasteiger partial charge in [-0.15, -0.1) is 0 Å². The fraction of sp³-hybridized carbons (Fsp3) is 0.600. The maximum atomic E-state index is 14.0. The van der Waals surface area contributed by atoms with Crippen LogP contribution in [0, 0.1) is 29.4 Å². The molecule has 0 N–H and O–H groups in total. The van der Waals surface area contributed by atoms with E-state index < -0.39 is 11.6 Å². The molecule has 2 saturated carbocycles. The van der Waals surface area contributed by atoms with Crippen molar-refractivity contribution in [3.8, 4) is 0 Å². The molecule has 0 bridgehead atoms. The molecule has 0 amide bonds. The molecule has 4 unspecified atom stereocenters. The first-order valence-electron chi connectivity index (χ1n) is 11.0. The minimum atomic E-state index is -0.758. The summed E-state index contributed by atoms with van der Waals surface area (Å²) in [5.74, 6) is 1.87. The molecule has 2 aromatic carbocycles. The van der Waals surface area contributed by atoms with E-state index in [-0.39, 0.29) is 0 Å². The molecule has 2 fully saturated rings. The van der Waals surface area contributed by atoms with Gasteiger partial charge in [0, 0.05) is 5.39 Å². The molecule has 0 radical (unpaired) electrons. The summed E-state index contributed by atoms with van der Waals surface area (Å²) < 4.78 is 27.4. The minimum absolute atomic E-state index is 0.403. The first-order valence-corrected chi connectivity index (χ1v) is 11.0. The SMILES string of the molecule is CCCCCC1CCC2CC(c3ccc4c(F)c(F)ccc4c3)CCC2C1. The summed E-state index contributed by atoms with van der Waals surface area (Å²) in [4.78, 5) is 0. The highest BCUT2D eigenvalue weighted by molar-refractivity contribution is 5.84. The molecule has 4 atom stereocenters. The smallest absolute Gasteiger partial charge is 0.166 e. The first kappa shape index (κ1) is 18.9. The van der Waals surface area contributed by atoms with Crippen molar-refractivity contribution in [3.63, 3.8) is 0 Å². The molecule has 2 aliphatic rings. The lowest BCUT2D eigenvalue weighted by atomic mass is 9.63. The van der Waals surface area contributed by atoms with Crippen LogP contribution in [0.4, 0.5) is 8.78 Å². The lowest BCUT2D eigenvalue weighted by Gasteiger charge is -2.42. The van der Waals surface area contributed by atoms with Crippen molar-refractivity contribution in [1.29, 1.82) is 0 Å². The number of halogens is 2. The van der Waals surface area contributed by atoms with Gasteiger partial charge < -0.3 is 0 Å². The summed E-state index contributed by atoms with van der Waals surface area (Å²) in [7, 11) is 0. The average Bonchev–Trinajstić information content (AvgIpc) is 2.70. The van der Waals surface area contributed by atoms with Crippen molar-refractivity contribution < 1.29 is 8.78 Å². The molecule has 0 aromatic heterocycles. The molecule has 0 nitrogen and oxygen atoms in total. The summed E-state index contributed by atoms with van der Waals surface area (Å²) >= 11 is 0. The number of fused-ring (bicyclic) bond motifs is 2. The van der Waals surface area contributed by atoms with Crippen LogP contribution in [0.15, 0.2) is 30.3 Å². The molecule has 2 aromatic rings. The Bertz CT molecular complexity index is 781. The van der Waals surface area contributed by atoms with Gasteiger partial charge in [0.1, 0.15) is 0 Å². The van der Waals surface area contributed by atoms with Crippen LogP contribution in [0.1, 0.15) is 82.6 Å². The van der Waals surface area contributed by atoms with Crippen LogP contribution in [-0.4, -0.2) is 0 Å². The number of rotatable bonds is 5. The van der Waals surface area contributed by atoms with E-state index in [0.29, 0.717) is 11.3 Å². The van der Waals surface area contributed by atoms with Crippen LogP contribution >= 0.6 is 0 Å². The monoisotopic (exact) mass is 370 g/mol. The highest BCUT2D eigenvalue weighted by atomic mass is 19.2. The molecular weight excluding hydrogens is 338 g/mol. The van der Waals surface area contributed by atoms with E-state index in [1.807, 2.05) is 6.07 Å². The van der Waals surface area contributed by atoms with Gasteiger partial charge in [-0.2, -0.15) is 0 Å². The Hall–Kier alpha value is -1.44. The number of benzene rings is 2. The Kier molecular flexibility index (Phi) is 5.80. The molecule has 146 valence electrons. The highest BCUT2D eigenvalue weighted by Crippen LogP contribution is 2.48. The molecule has 4 rings (SSSR count). The second kappa shape index (κ2) is 8.29. The quantitative estimate of drug-likeness (QED) is 0.468. The van der Waals surface area contributed by atoms with E-state index in [1.54, 1.807) is 12.1 Å². The topological polar surface area (TPSA) is 0 Å². The molecule has 27 heavy (non-hydrogen) atoms. The molecule has 2 aliphatic carbocycles. The third-order valence-corrected chi connectivity index (χ3v) is 7.34. The van der Waals surface area contributed by atoms with Crippen LogP contribution in [0.3, 0.4) is 0 Å². The average molecular weight is 371 g/mol. The largest absolute Gasteiger partial charge is 0.204 e. The van der Waals surface area contributed by atoms with E-state index in [1.165, 1.54) is 75.8 Å². The minimum Gasteiger partial charge on any atom is -0.204 e. The summed E-state index contributed by atoms with van der Waals surface area (Å²) in [6, 6.07) is 8.87. The Labute approximate surface area is 162 Å². The summed E-state index contributed by atoms with van der Waals surface area (Å²) in [6.07, 6.45) is 13.7. The fourth-order valence-corrected chi connectivity index (χ4v) is 5.77. The zero-order valence-electron chi connectivity index (χ0n) is 16.5. The zero-order chi connectivity index (χ0) is 18.8. The van der Waals surface area contributed by atoms with Crippen molar-refractivity contribution in [1.82, 2.24) is 0 Å². The lowest BCUT2D eigenvalue weighted by Crippen LogP contribution is -2.30. The number of hydrogen-bond acceptors (Lipinski definition) is 0. The van der Waals surface area contributed by atoms with Crippen molar-refractivity contribution in [3.05, 3.63) is 47.5 Å². The van der Waals surface area contributed by atoms with Crippen molar-refractivity contribution >= 4 is 10.8 Å². The number of hydrogen-bond donors (Lipinski definition) is 0. The molecular formula is C25H32F2. The van der Waals surface area contributed by atoms with Crippen LogP contribution in [0.2, 0.25) is 0 Å². The second-order valence-electron chi connectivity index (χ2n) is 9.05. The van der Waals surface area contributed by atoms with E-state index in [2.05, 4.69) is 13.0 Å². The molecule has 0 saturated heterocycles. The zero-order valence-corrected chi connectivity index (χ0v) is 16.5. The normalized spacial score (nSPS) is 28.3. The Morgan fingerprint density at radius 3 is 2.56 bits per heavy atom. The van der Waals surface area contributed by atoms with Gasteiger partial charge in [-0.3, -0.25) is 0 Å². The van der Waals surface area contributed by atoms with Crippen LogP contribution in [0.5, 0.6) is 0 Å². The van der Waals surface area contributed by atoms with Gasteiger partial charge in [-0.25, -0.2) is 8.78 Å². The first-order chi connectivity index (χ1) is 13.2. The molecule has 0 aliphatic heterocycles. The maximum Gasteiger partial charge on any atom is 0.166 e. The summed E-state index contributed by atoms with van der Waals surface area (Å²) in [6.45, 7) is 2.29. The summed E-state index contributed by atoms with van der Waals surface area (Å²) in [5.41, 5.74) is 1.32. The van der Waals surface area contributed by atoms with Gasteiger partial charge in [0.15, 0.2) is 11.6 Å². The van der Waals surface area contributed by atoms with Gasteiger partial charge in [-0.05, 0) is 72.8 Å². The van der Waals surface area contributed by atoms with E-state index in [0.717, 1.165) is 23.1 Å². The maximum absolute atomic E-state index is 14.0. The van der Waals surface area contributed by atoms with E-state index >= 15 is 0 Å². The molecule has 0 heterocycles. The van der Waals surface area contributed by atoms with Gasteiger partial charge in [0.05, 0.1) is 0 Å².